The topological polar surface area (TPSA) is 60.0 Å². The van der Waals surface area contributed by atoms with Crippen LogP contribution in [-0.2, 0) is 11.3 Å². The molecule has 168 valence electrons. The maximum absolute atomic E-state index is 11.7. The standard InChI is InChI=1S/C23H37N5O.HI/c1-3-24-23(25-13-5-15-28-14-4-6-22(28)29)26-18-20-7-9-21(10-8-20)27-16-11-19(2)12-17-27;/h7-10,19H,3-6,11-18H2,1-2H3,(H2,24,25,26);1H. The van der Waals surface area contributed by atoms with Gasteiger partial charge < -0.3 is 20.4 Å². The predicted molar refractivity (Wildman–Crippen MR) is 136 cm³/mol. The van der Waals surface area contributed by atoms with E-state index in [1.54, 1.807) is 0 Å². The number of anilines is 1. The van der Waals surface area contributed by atoms with Gasteiger partial charge in [0.25, 0.3) is 0 Å². The molecule has 0 saturated carbocycles. The van der Waals surface area contributed by atoms with E-state index in [2.05, 4.69) is 53.6 Å². The Labute approximate surface area is 198 Å². The van der Waals surface area contributed by atoms with E-state index in [9.17, 15) is 4.79 Å². The summed E-state index contributed by atoms with van der Waals surface area (Å²) in [5.41, 5.74) is 2.55. The molecular formula is C23H38IN5O. The van der Waals surface area contributed by atoms with E-state index in [1.165, 1.54) is 24.1 Å². The van der Waals surface area contributed by atoms with Gasteiger partial charge in [0.15, 0.2) is 5.96 Å². The van der Waals surface area contributed by atoms with Crippen molar-refractivity contribution < 1.29 is 4.79 Å². The largest absolute Gasteiger partial charge is 0.372 e. The van der Waals surface area contributed by atoms with Crippen molar-refractivity contribution in [2.24, 2.45) is 10.9 Å². The fourth-order valence-corrected chi connectivity index (χ4v) is 4.01. The summed E-state index contributed by atoms with van der Waals surface area (Å²) in [7, 11) is 0. The lowest BCUT2D eigenvalue weighted by atomic mass is 9.99. The number of nitrogens with one attached hydrogen (secondary N) is 2. The molecule has 2 fully saturated rings. The second kappa shape index (κ2) is 13.0. The number of nitrogens with zero attached hydrogens (tertiary/aromatic N) is 3. The highest BCUT2D eigenvalue weighted by molar-refractivity contribution is 14.0. The second-order valence-electron chi connectivity index (χ2n) is 8.30. The molecule has 2 N–H and O–H groups in total. The van der Waals surface area contributed by atoms with Crippen LogP contribution >= 0.6 is 24.0 Å². The molecule has 1 aromatic rings. The number of carbonyl (C=O) groups excluding carboxylic acids is 1. The number of halogens is 1. The molecule has 2 aliphatic rings. The third kappa shape index (κ3) is 7.63. The average Bonchev–Trinajstić information content (AvgIpc) is 3.15. The van der Waals surface area contributed by atoms with Crippen molar-refractivity contribution in [3.8, 4) is 0 Å². The summed E-state index contributed by atoms with van der Waals surface area (Å²) in [6.45, 7) is 10.8. The Morgan fingerprint density at radius 2 is 1.87 bits per heavy atom. The number of rotatable bonds is 8. The predicted octanol–water partition coefficient (Wildman–Crippen LogP) is 3.61. The molecule has 0 spiro atoms. The molecule has 0 unspecified atom stereocenters. The molecule has 0 bridgehead atoms. The number of hydrogen-bond donors (Lipinski definition) is 2. The van der Waals surface area contributed by atoms with Gasteiger partial charge in [-0.15, -0.1) is 24.0 Å². The van der Waals surface area contributed by atoms with Crippen LogP contribution in [0.2, 0.25) is 0 Å². The van der Waals surface area contributed by atoms with Gasteiger partial charge in [0.1, 0.15) is 0 Å². The lowest BCUT2D eigenvalue weighted by Crippen LogP contribution is -2.39. The zero-order valence-electron chi connectivity index (χ0n) is 18.5. The molecule has 1 aromatic carbocycles. The normalized spacial score (nSPS) is 17.8. The van der Waals surface area contributed by atoms with Gasteiger partial charge in [0.05, 0.1) is 6.54 Å². The van der Waals surface area contributed by atoms with Crippen LogP contribution in [-0.4, -0.2) is 56.0 Å². The van der Waals surface area contributed by atoms with Crippen LogP contribution in [0.4, 0.5) is 5.69 Å². The maximum atomic E-state index is 11.7. The zero-order chi connectivity index (χ0) is 20.5. The van der Waals surface area contributed by atoms with E-state index in [0.717, 1.165) is 64.0 Å². The number of guanidine groups is 1. The van der Waals surface area contributed by atoms with Crippen molar-refractivity contribution in [2.75, 3.05) is 44.2 Å². The first-order chi connectivity index (χ1) is 14.2. The molecule has 30 heavy (non-hydrogen) atoms. The van der Waals surface area contributed by atoms with Gasteiger partial charge in [-0.1, -0.05) is 19.1 Å². The summed E-state index contributed by atoms with van der Waals surface area (Å²) in [4.78, 5) is 20.8. The molecule has 6 nitrogen and oxygen atoms in total. The second-order valence-corrected chi connectivity index (χ2v) is 8.30. The number of benzene rings is 1. The zero-order valence-corrected chi connectivity index (χ0v) is 20.9. The first kappa shape index (κ1) is 24.8. The molecule has 0 aliphatic carbocycles. The first-order valence-corrected chi connectivity index (χ1v) is 11.3. The van der Waals surface area contributed by atoms with Gasteiger partial charge in [-0.3, -0.25) is 4.79 Å². The third-order valence-corrected chi connectivity index (χ3v) is 5.92. The van der Waals surface area contributed by atoms with E-state index < -0.39 is 0 Å². The summed E-state index contributed by atoms with van der Waals surface area (Å²) < 4.78 is 0. The van der Waals surface area contributed by atoms with Gasteiger partial charge in [-0.25, -0.2) is 4.99 Å². The van der Waals surface area contributed by atoms with Crippen LogP contribution in [0.1, 0.15) is 51.5 Å². The molecule has 0 radical (unpaired) electrons. The van der Waals surface area contributed by atoms with Crippen LogP contribution < -0.4 is 15.5 Å². The highest BCUT2D eigenvalue weighted by Crippen LogP contribution is 2.23. The summed E-state index contributed by atoms with van der Waals surface area (Å²) in [5.74, 6) is 2.00. The van der Waals surface area contributed by atoms with E-state index >= 15 is 0 Å². The van der Waals surface area contributed by atoms with Crippen LogP contribution in [0.3, 0.4) is 0 Å². The minimum absolute atomic E-state index is 0. The Morgan fingerprint density at radius 1 is 1.13 bits per heavy atom. The Balaban J connectivity index is 0.00000320. The first-order valence-electron chi connectivity index (χ1n) is 11.3. The SMILES string of the molecule is CCNC(=NCc1ccc(N2CCC(C)CC2)cc1)NCCCN1CCCC1=O.I. The molecule has 0 atom stereocenters. The number of aliphatic imine (C=N–C) groups is 1. The molecule has 0 aromatic heterocycles. The van der Waals surface area contributed by atoms with Crippen LogP contribution in [0, 0.1) is 5.92 Å². The summed E-state index contributed by atoms with van der Waals surface area (Å²) >= 11 is 0. The number of carbonyl (C=O) groups is 1. The minimum Gasteiger partial charge on any atom is -0.372 e. The maximum Gasteiger partial charge on any atom is 0.222 e. The number of piperidine rings is 1. The van der Waals surface area contributed by atoms with Crippen molar-refractivity contribution >= 4 is 41.5 Å². The number of hydrogen-bond acceptors (Lipinski definition) is 3. The van der Waals surface area contributed by atoms with Gasteiger partial charge >= 0.3 is 0 Å². The Hall–Kier alpha value is -1.51. The van der Waals surface area contributed by atoms with E-state index in [4.69, 9.17) is 4.99 Å². The Bertz CT molecular complexity index is 671. The highest BCUT2D eigenvalue weighted by Gasteiger charge is 2.19. The Kier molecular flexibility index (Phi) is 10.7. The highest BCUT2D eigenvalue weighted by atomic mass is 127. The smallest absolute Gasteiger partial charge is 0.222 e. The average molecular weight is 527 g/mol. The van der Waals surface area contributed by atoms with Gasteiger partial charge in [-0.05, 0) is 56.2 Å². The van der Waals surface area contributed by atoms with Crippen LogP contribution in [0.15, 0.2) is 29.3 Å². The number of likely N-dealkylation sites (tertiary alicyclic amines) is 1. The molecule has 7 heteroatoms. The van der Waals surface area contributed by atoms with E-state index in [-0.39, 0.29) is 24.0 Å². The lowest BCUT2D eigenvalue weighted by molar-refractivity contribution is -0.127. The quantitative estimate of drug-likeness (QED) is 0.235. The van der Waals surface area contributed by atoms with Gasteiger partial charge in [-0.2, -0.15) is 0 Å². The van der Waals surface area contributed by atoms with Gasteiger partial charge in [0.2, 0.25) is 5.91 Å². The summed E-state index contributed by atoms with van der Waals surface area (Å²) in [5, 5.41) is 6.70. The van der Waals surface area contributed by atoms with E-state index in [1.807, 2.05) is 4.90 Å². The van der Waals surface area contributed by atoms with Crippen molar-refractivity contribution in [1.82, 2.24) is 15.5 Å². The van der Waals surface area contributed by atoms with Crippen molar-refractivity contribution in [3.63, 3.8) is 0 Å². The van der Waals surface area contributed by atoms with Crippen LogP contribution in [0.5, 0.6) is 0 Å². The van der Waals surface area contributed by atoms with Crippen molar-refractivity contribution in [2.45, 2.75) is 52.5 Å². The molecule has 2 saturated heterocycles. The summed E-state index contributed by atoms with van der Waals surface area (Å²) in [6, 6.07) is 8.85. The van der Waals surface area contributed by atoms with Crippen molar-refractivity contribution in [3.05, 3.63) is 29.8 Å². The minimum atomic E-state index is 0. The Morgan fingerprint density at radius 3 is 2.50 bits per heavy atom. The number of amides is 1. The van der Waals surface area contributed by atoms with Crippen LogP contribution in [0.25, 0.3) is 0 Å². The molecule has 1 amide bonds. The fourth-order valence-electron chi connectivity index (χ4n) is 4.01. The monoisotopic (exact) mass is 527 g/mol. The molecule has 2 aliphatic heterocycles. The molecule has 2 heterocycles. The lowest BCUT2D eigenvalue weighted by Gasteiger charge is -2.32. The third-order valence-electron chi connectivity index (χ3n) is 5.92. The molecular weight excluding hydrogens is 489 g/mol. The van der Waals surface area contributed by atoms with Gasteiger partial charge in [0, 0.05) is 51.4 Å². The molecule has 3 rings (SSSR count). The van der Waals surface area contributed by atoms with E-state index in [0.29, 0.717) is 18.9 Å². The fraction of sp³-hybridized carbons (Fsp3) is 0.652. The van der Waals surface area contributed by atoms with Crippen molar-refractivity contribution in [1.29, 1.82) is 0 Å². The summed E-state index contributed by atoms with van der Waals surface area (Å²) in [6.07, 6.45) is 5.24.